The second-order valence-corrected chi connectivity index (χ2v) is 10.9. The van der Waals surface area contributed by atoms with Crippen LogP contribution in [0.3, 0.4) is 0 Å². The van der Waals surface area contributed by atoms with Crippen molar-refractivity contribution in [3.05, 3.63) is 28.8 Å². The van der Waals surface area contributed by atoms with Gasteiger partial charge >= 0.3 is 0 Å². The molecule has 11 heteroatoms. The number of aliphatic hydroxyl groups excluding tert-OH is 1. The zero-order valence-corrected chi connectivity index (χ0v) is 21.3. The van der Waals surface area contributed by atoms with E-state index >= 15 is 0 Å². The van der Waals surface area contributed by atoms with E-state index in [0.717, 1.165) is 0 Å². The van der Waals surface area contributed by atoms with Gasteiger partial charge in [-0.15, -0.1) is 0 Å². The van der Waals surface area contributed by atoms with Gasteiger partial charge in [-0.3, -0.25) is 24.0 Å². The zero-order chi connectivity index (χ0) is 27.6. The number of rotatable bonds is 6. The second-order valence-electron chi connectivity index (χ2n) is 10.9. The SMILES string of the molecule is CN(C)CCC(=O)c1ccc(O)c2c1C[C@@H]1C[C@@H]3[C@@H](N(C)C)C(O)C(C(N)=O)C(=O)[C@]3(O)C(=O)C1C2=O. The van der Waals surface area contributed by atoms with E-state index in [4.69, 9.17) is 5.73 Å². The van der Waals surface area contributed by atoms with Crippen LogP contribution in [0.2, 0.25) is 0 Å². The molecular formula is C26H33N3O8. The highest BCUT2D eigenvalue weighted by Gasteiger charge is 2.69. The first-order chi connectivity index (χ1) is 17.2. The first-order valence-electron chi connectivity index (χ1n) is 12.2. The Morgan fingerprint density at radius 3 is 2.32 bits per heavy atom. The lowest BCUT2D eigenvalue weighted by atomic mass is 9.52. The zero-order valence-electron chi connectivity index (χ0n) is 21.3. The van der Waals surface area contributed by atoms with Crippen molar-refractivity contribution in [2.45, 2.75) is 37.0 Å². The van der Waals surface area contributed by atoms with Gasteiger partial charge in [-0.05, 0) is 64.6 Å². The summed E-state index contributed by atoms with van der Waals surface area (Å²) in [6.07, 6.45) is -1.29. The molecule has 0 bridgehead atoms. The molecular weight excluding hydrogens is 482 g/mol. The quantitative estimate of drug-likeness (QED) is 0.265. The van der Waals surface area contributed by atoms with Crippen molar-refractivity contribution in [2.75, 3.05) is 34.7 Å². The fourth-order valence-corrected chi connectivity index (χ4v) is 6.54. The normalized spacial score (nSPS) is 33.2. The minimum atomic E-state index is -2.71. The van der Waals surface area contributed by atoms with Crippen molar-refractivity contribution >= 4 is 29.0 Å². The minimum Gasteiger partial charge on any atom is -0.507 e. The van der Waals surface area contributed by atoms with E-state index in [1.54, 1.807) is 14.1 Å². The van der Waals surface area contributed by atoms with Crippen molar-refractivity contribution in [3.63, 3.8) is 0 Å². The number of benzene rings is 1. The third kappa shape index (κ3) is 4.01. The Morgan fingerprint density at radius 2 is 1.76 bits per heavy atom. The van der Waals surface area contributed by atoms with E-state index < -0.39 is 70.4 Å². The standard InChI is InChI=1S/C26H33N3O8/c1-28(2)8-7-15(30)12-5-6-16(31)18-13(12)9-11-10-14-20(29(3)4)22(33)19(25(27)36)24(35)26(14,37)23(34)17(11)21(18)32/h5-6,11,14,17,19-20,22,31,33,37H,7-10H2,1-4H3,(H2,27,36)/t11-,14-,17?,19?,20-,22?,26-/m1/s1. The summed E-state index contributed by atoms with van der Waals surface area (Å²) in [4.78, 5) is 69.3. The van der Waals surface area contributed by atoms with Crippen molar-refractivity contribution in [3.8, 4) is 5.75 Å². The van der Waals surface area contributed by atoms with Crippen LogP contribution in [0.4, 0.5) is 0 Å². The summed E-state index contributed by atoms with van der Waals surface area (Å²) in [5.74, 6) is -9.93. The lowest BCUT2D eigenvalue weighted by Gasteiger charge is -2.54. The Morgan fingerprint density at radius 1 is 1.11 bits per heavy atom. The summed E-state index contributed by atoms with van der Waals surface area (Å²) in [7, 11) is 6.82. The number of phenolic OH excluding ortho intramolecular Hbond substituents is 1. The molecule has 1 aromatic rings. The summed E-state index contributed by atoms with van der Waals surface area (Å²) in [5.41, 5.74) is 3.12. The number of primary amides is 1. The van der Waals surface area contributed by atoms with E-state index in [1.165, 1.54) is 17.0 Å². The maximum atomic E-state index is 13.8. The van der Waals surface area contributed by atoms with Gasteiger partial charge < -0.3 is 30.9 Å². The molecule has 3 aliphatic rings. The van der Waals surface area contributed by atoms with Crippen LogP contribution >= 0.6 is 0 Å². The number of Topliss-reactive ketones (excluding diaryl/α,β-unsaturated/α-hetero) is 4. The topological polar surface area (TPSA) is 179 Å². The summed E-state index contributed by atoms with van der Waals surface area (Å²) >= 11 is 0. The largest absolute Gasteiger partial charge is 0.507 e. The fraction of sp³-hybridized carbons (Fsp3) is 0.577. The molecule has 2 saturated carbocycles. The molecule has 0 aromatic heterocycles. The molecule has 0 spiro atoms. The number of amides is 1. The fourth-order valence-electron chi connectivity index (χ4n) is 6.54. The number of nitrogens with two attached hydrogens (primary N) is 1. The third-order valence-electron chi connectivity index (χ3n) is 8.26. The summed E-state index contributed by atoms with van der Waals surface area (Å²) < 4.78 is 0. The van der Waals surface area contributed by atoms with Crippen LogP contribution in [0.25, 0.3) is 0 Å². The van der Waals surface area contributed by atoms with Crippen LogP contribution in [0.15, 0.2) is 12.1 Å². The monoisotopic (exact) mass is 515 g/mol. The first-order valence-corrected chi connectivity index (χ1v) is 12.2. The van der Waals surface area contributed by atoms with Crippen molar-refractivity contribution in [2.24, 2.45) is 29.4 Å². The number of carbonyl (C=O) groups is 5. The molecule has 0 heterocycles. The number of hydrogen-bond donors (Lipinski definition) is 4. The average molecular weight is 516 g/mol. The number of carbonyl (C=O) groups excluding carboxylic acids is 5. The molecule has 3 aliphatic carbocycles. The molecule has 0 aliphatic heterocycles. The van der Waals surface area contributed by atoms with E-state index in [1.807, 2.05) is 19.0 Å². The molecule has 0 radical (unpaired) electrons. The van der Waals surface area contributed by atoms with Gasteiger partial charge in [0, 0.05) is 30.5 Å². The summed E-state index contributed by atoms with van der Waals surface area (Å²) in [5, 5.41) is 33.1. The van der Waals surface area contributed by atoms with Crippen molar-refractivity contribution in [1.82, 2.24) is 9.80 Å². The molecule has 2 fully saturated rings. The molecule has 4 rings (SSSR count). The van der Waals surface area contributed by atoms with Crippen LogP contribution in [-0.4, -0.2) is 107 Å². The van der Waals surface area contributed by atoms with Crippen LogP contribution in [0, 0.1) is 23.7 Å². The molecule has 3 unspecified atom stereocenters. The Hall–Kier alpha value is -2.99. The average Bonchev–Trinajstić information content (AvgIpc) is 2.79. The van der Waals surface area contributed by atoms with Gasteiger partial charge in [0.2, 0.25) is 5.91 Å². The first kappa shape index (κ1) is 27.1. The maximum absolute atomic E-state index is 13.8. The molecule has 0 saturated heterocycles. The van der Waals surface area contributed by atoms with Crippen molar-refractivity contribution in [1.29, 1.82) is 0 Å². The number of nitrogens with zero attached hydrogens (tertiary/aromatic N) is 2. The third-order valence-corrected chi connectivity index (χ3v) is 8.26. The lowest BCUT2D eigenvalue weighted by molar-refractivity contribution is -0.190. The van der Waals surface area contributed by atoms with Gasteiger partial charge in [0.25, 0.3) is 0 Å². The highest BCUT2D eigenvalue weighted by atomic mass is 16.3. The number of aromatic hydroxyl groups is 1. The van der Waals surface area contributed by atoms with Crippen LogP contribution < -0.4 is 5.73 Å². The number of fused-ring (bicyclic) bond motifs is 3. The maximum Gasteiger partial charge on any atom is 0.230 e. The molecule has 37 heavy (non-hydrogen) atoms. The molecule has 11 nitrogen and oxygen atoms in total. The minimum absolute atomic E-state index is 0.00377. The Bertz CT molecular complexity index is 1190. The van der Waals surface area contributed by atoms with E-state index in [-0.39, 0.29) is 36.2 Å². The summed E-state index contributed by atoms with van der Waals surface area (Å²) in [6.45, 7) is 0.480. The van der Waals surface area contributed by atoms with Gasteiger partial charge in [0.1, 0.15) is 11.7 Å². The molecule has 1 aromatic carbocycles. The predicted molar refractivity (Wildman–Crippen MR) is 130 cm³/mol. The van der Waals surface area contributed by atoms with Gasteiger partial charge in [-0.25, -0.2) is 0 Å². The van der Waals surface area contributed by atoms with E-state index in [0.29, 0.717) is 12.1 Å². The van der Waals surface area contributed by atoms with Crippen LogP contribution in [0.5, 0.6) is 5.75 Å². The number of hydrogen-bond acceptors (Lipinski definition) is 10. The number of aliphatic hydroxyl groups is 2. The Labute approximate surface area is 214 Å². The van der Waals surface area contributed by atoms with Crippen LogP contribution in [0.1, 0.15) is 39.1 Å². The lowest BCUT2D eigenvalue weighted by Crippen LogP contribution is -2.75. The highest BCUT2D eigenvalue weighted by molar-refractivity contribution is 6.25. The second kappa shape index (κ2) is 9.39. The number of phenols is 1. The van der Waals surface area contributed by atoms with Gasteiger partial charge in [0.15, 0.2) is 28.7 Å². The van der Waals surface area contributed by atoms with Gasteiger partial charge in [-0.2, -0.15) is 0 Å². The summed E-state index contributed by atoms with van der Waals surface area (Å²) in [6, 6.07) is 1.72. The smallest absolute Gasteiger partial charge is 0.230 e. The highest BCUT2D eigenvalue weighted by Crippen LogP contribution is 2.51. The van der Waals surface area contributed by atoms with Crippen LogP contribution in [-0.2, 0) is 20.8 Å². The van der Waals surface area contributed by atoms with Gasteiger partial charge in [0.05, 0.1) is 17.6 Å². The van der Waals surface area contributed by atoms with Crippen molar-refractivity contribution < 1.29 is 39.3 Å². The molecule has 200 valence electrons. The van der Waals surface area contributed by atoms with E-state index in [2.05, 4.69) is 0 Å². The molecule has 1 amide bonds. The molecule has 5 N–H and O–H groups in total. The Kier molecular flexibility index (Phi) is 6.87. The predicted octanol–water partition coefficient (Wildman–Crippen LogP) is -1.21. The number of likely N-dealkylation sites (N-methyl/N-ethyl adjacent to an activating group) is 1. The number of ketones is 4. The van der Waals surface area contributed by atoms with E-state index in [9.17, 15) is 39.3 Å². The molecule has 7 atom stereocenters. The Balaban J connectivity index is 1.82. The van der Waals surface area contributed by atoms with Gasteiger partial charge in [-0.1, -0.05) is 0 Å².